The van der Waals surface area contributed by atoms with E-state index in [-0.39, 0.29) is 0 Å². The Morgan fingerprint density at radius 1 is 1.35 bits per heavy atom. The van der Waals surface area contributed by atoms with Crippen LogP contribution in [0.5, 0.6) is 0 Å². The first-order valence-electron chi connectivity index (χ1n) is 7.54. The van der Waals surface area contributed by atoms with Gasteiger partial charge in [0, 0.05) is 18.8 Å². The standard InChI is InChI=1S/C17H19N3O2S/c1-17(16(21)22)7-8-20(12-17)14-9-18-10-15(19-14)23-11-13-5-3-2-4-6-13/h2-6,9-10H,7-8,11-12H2,1H3,(H,21,22). The molecule has 3 rings (SSSR count). The molecule has 0 bridgehead atoms. The van der Waals surface area contributed by atoms with Gasteiger partial charge in [0.25, 0.3) is 0 Å². The van der Waals surface area contributed by atoms with Gasteiger partial charge in [-0.15, -0.1) is 11.8 Å². The van der Waals surface area contributed by atoms with Crippen LogP contribution in [0.1, 0.15) is 18.9 Å². The number of nitrogens with zero attached hydrogens (tertiary/aromatic N) is 3. The molecule has 0 spiro atoms. The lowest BCUT2D eigenvalue weighted by Gasteiger charge is -2.20. The van der Waals surface area contributed by atoms with E-state index in [2.05, 4.69) is 22.1 Å². The summed E-state index contributed by atoms with van der Waals surface area (Å²) in [5.74, 6) is 0.849. The molecular formula is C17H19N3O2S. The Hall–Kier alpha value is -2.08. The van der Waals surface area contributed by atoms with Gasteiger partial charge in [-0.25, -0.2) is 4.98 Å². The third-order valence-corrected chi connectivity index (χ3v) is 5.11. The summed E-state index contributed by atoms with van der Waals surface area (Å²) in [7, 11) is 0. The van der Waals surface area contributed by atoms with Crippen molar-refractivity contribution >= 4 is 23.5 Å². The number of anilines is 1. The summed E-state index contributed by atoms with van der Waals surface area (Å²) < 4.78 is 0. The van der Waals surface area contributed by atoms with Gasteiger partial charge in [0.1, 0.15) is 10.8 Å². The predicted molar refractivity (Wildman–Crippen MR) is 90.6 cm³/mol. The van der Waals surface area contributed by atoms with E-state index in [1.807, 2.05) is 23.1 Å². The summed E-state index contributed by atoms with van der Waals surface area (Å²) in [5, 5.41) is 10.2. The van der Waals surface area contributed by atoms with Crippen molar-refractivity contribution in [3.63, 3.8) is 0 Å². The normalized spacial score (nSPS) is 20.7. The number of carbonyl (C=O) groups is 1. The number of benzene rings is 1. The van der Waals surface area contributed by atoms with E-state index >= 15 is 0 Å². The molecule has 1 aliphatic heterocycles. The van der Waals surface area contributed by atoms with Crippen molar-refractivity contribution in [3.8, 4) is 0 Å². The van der Waals surface area contributed by atoms with Crippen LogP contribution >= 0.6 is 11.8 Å². The molecule has 1 aliphatic rings. The van der Waals surface area contributed by atoms with E-state index in [9.17, 15) is 9.90 Å². The maximum atomic E-state index is 11.4. The summed E-state index contributed by atoms with van der Waals surface area (Å²) >= 11 is 1.64. The quantitative estimate of drug-likeness (QED) is 0.851. The van der Waals surface area contributed by atoms with Gasteiger partial charge in [-0.3, -0.25) is 9.78 Å². The van der Waals surface area contributed by atoms with Gasteiger partial charge in [0.2, 0.25) is 0 Å². The zero-order valence-corrected chi connectivity index (χ0v) is 13.8. The molecule has 1 N–H and O–H groups in total. The van der Waals surface area contributed by atoms with Crippen LogP contribution < -0.4 is 4.90 Å². The first-order chi connectivity index (χ1) is 11.1. The molecule has 1 unspecified atom stereocenters. The lowest BCUT2D eigenvalue weighted by molar-refractivity contribution is -0.146. The lowest BCUT2D eigenvalue weighted by atomic mass is 9.90. The van der Waals surface area contributed by atoms with Crippen LogP contribution in [0.3, 0.4) is 0 Å². The van der Waals surface area contributed by atoms with Crippen molar-refractivity contribution in [1.82, 2.24) is 9.97 Å². The second-order valence-corrected chi connectivity index (χ2v) is 7.02. The maximum absolute atomic E-state index is 11.4. The molecule has 6 heteroatoms. The van der Waals surface area contributed by atoms with Crippen LogP contribution in [0, 0.1) is 5.41 Å². The second kappa shape index (κ2) is 6.58. The smallest absolute Gasteiger partial charge is 0.311 e. The molecule has 1 fully saturated rings. The maximum Gasteiger partial charge on any atom is 0.311 e. The highest BCUT2D eigenvalue weighted by Crippen LogP contribution is 2.33. The average Bonchev–Trinajstić information content (AvgIpc) is 2.98. The minimum atomic E-state index is -0.748. The van der Waals surface area contributed by atoms with Crippen LogP contribution in [0.15, 0.2) is 47.8 Å². The number of hydrogen-bond acceptors (Lipinski definition) is 5. The monoisotopic (exact) mass is 329 g/mol. The SMILES string of the molecule is CC1(C(=O)O)CCN(c2cncc(SCc3ccccc3)n2)C1. The van der Waals surface area contributed by atoms with E-state index in [1.54, 1.807) is 31.1 Å². The predicted octanol–water partition coefficient (Wildman–Crippen LogP) is 3.07. The van der Waals surface area contributed by atoms with E-state index in [4.69, 9.17) is 0 Å². The molecule has 2 heterocycles. The number of hydrogen-bond donors (Lipinski definition) is 1. The van der Waals surface area contributed by atoms with Crippen molar-refractivity contribution in [3.05, 3.63) is 48.3 Å². The Kier molecular flexibility index (Phi) is 4.52. The second-order valence-electron chi connectivity index (χ2n) is 6.03. The van der Waals surface area contributed by atoms with Crippen molar-refractivity contribution in [1.29, 1.82) is 0 Å². The number of aliphatic carboxylic acids is 1. The molecule has 0 aliphatic carbocycles. The van der Waals surface area contributed by atoms with Crippen LogP contribution in [0.2, 0.25) is 0 Å². The van der Waals surface area contributed by atoms with Crippen molar-refractivity contribution in [2.75, 3.05) is 18.0 Å². The summed E-state index contributed by atoms with van der Waals surface area (Å²) in [6.07, 6.45) is 4.09. The van der Waals surface area contributed by atoms with Gasteiger partial charge in [-0.2, -0.15) is 0 Å². The highest BCUT2D eigenvalue weighted by molar-refractivity contribution is 7.98. The van der Waals surface area contributed by atoms with E-state index in [0.29, 0.717) is 19.5 Å². The molecule has 0 saturated carbocycles. The molecule has 1 aromatic carbocycles. The third kappa shape index (κ3) is 3.64. The van der Waals surface area contributed by atoms with Gasteiger partial charge in [0.15, 0.2) is 0 Å². The molecule has 1 atom stereocenters. The molecular weight excluding hydrogens is 310 g/mol. The molecule has 1 aromatic heterocycles. The molecule has 0 amide bonds. The number of thioether (sulfide) groups is 1. The Bertz CT molecular complexity index is 695. The van der Waals surface area contributed by atoms with Crippen LogP contribution in [-0.2, 0) is 10.5 Å². The fourth-order valence-electron chi connectivity index (χ4n) is 2.62. The molecule has 5 nitrogen and oxygen atoms in total. The Morgan fingerprint density at radius 2 is 2.13 bits per heavy atom. The number of aromatic nitrogens is 2. The topological polar surface area (TPSA) is 66.3 Å². The van der Waals surface area contributed by atoms with Crippen molar-refractivity contribution in [2.45, 2.75) is 24.1 Å². The lowest BCUT2D eigenvalue weighted by Crippen LogP contribution is -2.32. The Labute approximate surface area is 139 Å². The van der Waals surface area contributed by atoms with Crippen LogP contribution in [0.25, 0.3) is 0 Å². The van der Waals surface area contributed by atoms with Gasteiger partial charge in [-0.05, 0) is 18.9 Å². The zero-order chi connectivity index (χ0) is 16.3. The molecule has 120 valence electrons. The minimum absolute atomic E-state index is 0.476. The van der Waals surface area contributed by atoms with Crippen molar-refractivity contribution in [2.24, 2.45) is 5.41 Å². The molecule has 23 heavy (non-hydrogen) atoms. The minimum Gasteiger partial charge on any atom is -0.481 e. The van der Waals surface area contributed by atoms with Crippen LogP contribution in [-0.4, -0.2) is 34.1 Å². The Balaban J connectivity index is 1.67. The fourth-order valence-corrected chi connectivity index (χ4v) is 3.42. The van der Waals surface area contributed by atoms with E-state index in [0.717, 1.165) is 16.6 Å². The number of carboxylic acids is 1. The zero-order valence-electron chi connectivity index (χ0n) is 13.0. The first kappa shape index (κ1) is 15.8. The fraction of sp³-hybridized carbons (Fsp3) is 0.353. The first-order valence-corrected chi connectivity index (χ1v) is 8.52. The number of carboxylic acid groups (broad SMARTS) is 1. The Morgan fingerprint density at radius 3 is 2.83 bits per heavy atom. The summed E-state index contributed by atoms with van der Waals surface area (Å²) in [4.78, 5) is 22.3. The highest BCUT2D eigenvalue weighted by atomic mass is 32.2. The van der Waals surface area contributed by atoms with Crippen LogP contribution in [0.4, 0.5) is 5.82 Å². The van der Waals surface area contributed by atoms with Gasteiger partial charge in [-0.1, -0.05) is 30.3 Å². The van der Waals surface area contributed by atoms with E-state index < -0.39 is 11.4 Å². The molecule has 0 radical (unpaired) electrons. The van der Waals surface area contributed by atoms with Gasteiger partial charge in [0.05, 0.1) is 17.8 Å². The third-order valence-electron chi connectivity index (χ3n) is 4.14. The molecule has 2 aromatic rings. The van der Waals surface area contributed by atoms with Gasteiger partial charge >= 0.3 is 5.97 Å². The number of rotatable bonds is 5. The van der Waals surface area contributed by atoms with Gasteiger partial charge < -0.3 is 10.0 Å². The summed E-state index contributed by atoms with van der Waals surface area (Å²) in [5.41, 5.74) is 0.541. The van der Waals surface area contributed by atoms with Crippen molar-refractivity contribution < 1.29 is 9.90 Å². The largest absolute Gasteiger partial charge is 0.481 e. The highest BCUT2D eigenvalue weighted by Gasteiger charge is 2.41. The molecule has 1 saturated heterocycles. The average molecular weight is 329 g/mol. The summed E-state index contributed by atoms with van der Waals surface area (Å²) in [6, 6.07) is 10.2. The summed E-state index contributed by atoms with van der Waals surface area (Å²) in [6.45, 7) is 2.96. The van der Waals surface area contributed by atoms with E-state index in [1.165, 1.54) is 5.56 Å².